The molecule has 1 atom stereocenters. The van der Waals surface area contributed by atoms with Gasteiger partial charge in [0.05, 0.1) is 6.61 Å². The predicted molar refractivity (Wildman–Crippen MR) is 68.8 cm³/mol. The van der Waals surface area contributed by atoms with Crippen LogP contribution in [-0.2, 0) is 4.74 Å². The van der Waals surface area contributed by atoms with E-state index in [9.17, 15) is 0 Å². The Morgan fingerprint density at radius 1 is 1.25 bits per heavy atom. The predicted octanol–water partition coefficient (Wildman–Crippen LogP) is 1.73. The van der Waals surface area contributed by atoms with Crippen molar-refractivity contribution in [2.45, 2.75) is 33.6 Å². The SMILES string of the molecule is CCNCC(C)(CC)CN1CCCOCC1. The van der Waals surface area contributed by atoms with Gasteiger partial charge in [0.25, 0.3) is 0 Å². The van der Waals surface area contributed by atoms with Crippen LogP contribution < -0.4 is 5.32 Å². The van der Waals surface area contributed by atoms with E-state index in [1.165, 1.54) is 25.9 Å². The highest BCUT2D eigenvalue weighted by atomic mass is 16.5. The smallest absolute Gasteiger partial charge is 0.0593 e. The van der Waals surface area contributed by atoms with Gasteiger partial charge in [-0.05, 0) is 24.8 Å². The summed E-state index contributed by atoms with van der Waals surface area (Å²) in [4.78, 5) is 2.56. The van der Waals surface area contributed by atoms with Gasteiger partial charge in [-0.15, -0.1) is 0 Å². The molecule has 0 aromatic heterocycles. The van der Waals surface area contributed by atoms with E-state index in [0.29, 0.717) is 5.41 Å². The number of nitrogens with zero attached hydrogens (tertiary/aromatic N) is 1. The van der Waals surface area contributed by atoms with Crippen molar-refractivity contribution < 1.29 is 4.74 Å². The zero-order valence-corrected chi connectivity index (χ0v) is 11.2. The molecule has 1 N–H and O–H groups in total. The van der Waals surface area contributed by atoms with E-state index >= 15 is 0 Å². The van der Waals surface area contributed by atoms with Crippen LogP contribution in [0, 0.1) is 5.41 Å². The second kappa shape index (κ2) is 7.25. The summed E-state index contributed by atoms with van der Waals surface area (Å²) in [6.45, 7) is 14.4. The molecule has 0 radical (unpaired) electrons. The van der Waals surface area contributed by atoms with Gasteiger partial charge in [-0.25, -0.2) is 0 Å². The van der Waals surface area contributed by atoms with E-state index in [4.69, 9.17) is 4.74 Å². The van der Waals surface area contributed by atoms with E-state index in [2.05, 4.69) is 31.0 Å². The Morgan fingerprint density at radius 2 is 2.06 bits per heavy atom. The Hall–Kier alpha value is -0.120. The number of ether oxygens (including phenoxy) is 1. The topological polar surface area (TPSA) is 24.5 Å². The van der Waals surface area contributed by atoms with E-state index in [0.717, 1.165) is 32.8 Å². The van der Waals surface area contributed by atoms with Crippen LogP contribution in [0.2, 0.25) is 0 Å². The first-order valence-corrected chi connectivity index (χ1v) is 6.71. The Balaban J connectivity index is 2.40. The fraction of sp³-hybridized carbons (Fsp3) is 1.00. The van der Waals surface area contributed by atoms with Crippen molar-refractivity contribution in [3.8, 4) is 0 Å². The Bertz CT molecular complexity index is 179. The monoisotopic (exact) mass is 228 g/mol. The lowest BCUT2D eigenvalue weighted by Crippen LogP contribution is -2.42. The molecule has 3 heteroatoms. The minimum absolute atomic E-state index is 0.403. The normalized spacial score (nSPS) is 22.7. The van der Waals surface area contributed by atoms with Crippen molar-refractivity contribution in [1.82, 2.24) is 10.2 Å². The molecule has 1 heterocycles. The first-order valence-electron chi connectivity index (χ1n) is 6.71. The highest BCUT2D eigenvalue weighted by Gasteiger charge is 2.25. The van der Waals surface area contributed by atoms with E-state index in [-0.39, 0.29) is 0 Å². The van der Waals surface area contributed by atoms with Crippen LogP contribution in [-0.4, -0.2) is 50.8 Å². The van der Waals surface area contributed by atoms with Crippen molar-refractivity contribution in [2.24, 2.45) is 5.41 Å². The molecule has 1 fully saturated rings. The summed E-state index contributed by atoms with van der Waals surface area (Å²) in [6, 6.07) is 0. The second-order valence-corrected chi connectivity index (χ2v) is 5.19. The third kappa shape index (κ3) is 4.81. The standard InChI is InChI=1S/C13H28N2O/c1-4-13(3,11-14-5-2)12-15-7-6-9-16-10-8-15/h14H,4-12H2,1-3H3. The molecule has 3 nitrogen and oxygen atoms in total. The van der Waals surface area contributed by atoms with Crippen molar-refractivity contribution in [1.29, 1.82) is 0 Å². The summed E-state index contributed by atoms with van der Waals surface area (Å²) in [5, 5.41) is 3.49. The average Bonchev–Trinajstić information content (AvgIpc) is 2.55. The Morgan fingerprint density at radius 3 is 2.75 bits per heavy atom. The zero-order valence-electron chi connectivity index (χ0n) is 11.2. The Labute approximate surface area is 101 Å². The summed E-state index contributed by atoms with van der Waals surface area (Å²) in [5.74, 6) is 0. The maximum absolute atomic E-state index is 5.50. The minimum atomic E-state index is 0.403. The molecule has 0 amide bonds. The van der Waals surface area contributed by atoms with Gasteiger partial charge < -0.3 is 15.0 Å². The number of hydrogen-bond acceptors (Lipinski definition) is 3. The minimum Gasteiger partial charge on any atom is -0.380 e. The molecular formula is C13H28N2O. The summed E-state index contributed by atoms with van der Waals surface area (Å²) in [6.07, 6.45) is 2.42. The van der Waals surface area contributed by atoms with Gasteiger partial charge in [0.15, 0.2) is 0 Å². The zero-order chi connectivity index (χ0) is 11.9. The largest absolute Gasteiger partial charge is 0.380 e. The summed E-state index contributed by atoms with van der Waals surface area (Å²) < 4.78 is 5.50. The van der Waals surface area contributed by atoms with Crippen LogP contribution >= 0.6 is 0 Å². The highest BCUT2D eigenvalue weighted by Crippen LogP contribution is 2.22. The first kappa shape index (κ1) is 13.9. The highest BCUT2D eigenvalue weighted by molar-refractivity contribution is 4.80. The van der Waals surface area contributed by atoms with Crippen molar-refractivity contribution >= 4 is 0 Å². The van der Waals surface area contributed by atoms with E-state index in [1.54, 1.807) is 0 Å². The molecule has 0 aromatic rings. The number of hydrogen-bond donors (Lipinski definition) is 1. The molecule has 0 aromatic carbocycles. The van der Waals surface area contributed by atoms with Crippen molar-refractivity contribution in [3.05, 3.63) is 0 Å². The lowest BCUT2D eigenvalue weighted by Gasteiger charge is -2.34. The Kier molecular flexibility index (Phi) is 6.32. The number of nitrogens with one attached hydrogen (secondary N) is 1. The molecule has 1 rings (SSSR count). The fourth-order valence-corrected chi connectivity index (χ4v) is 2.22. The molecule has 1 saturated heterocycles. The van der Waals surface area contributed by atoms with E-state index < -0.39 is 0 Å². The van der Waals surface area contributed by atoms with Crippen LogP contribution in [0.25, 0.3) is 0 Å². The fourth-order valence-electron chi connectivity index (χ4n) is 2.22. The van der Waals surface area contributed by atoms with Gasteiger partial charge in [0.2, 0.25) is 0 Å². The van der Waals surface area contributed by atoms with Crippen LogP contribution in [0.4, 0.5) is 0 Å². The van der Waals surface area contributed by atoms with Crippen LogP contribution in [0.1, 0.15) is 33.6 Å². The summed E-state index contributed by atoms with van der Waals surface area (Å²) in [7, 11) is 0. The third-order valence-corrected chi connectivity index (χ3v) is 3.58. The van der Waals surface area contributed by atoms with E-state index in [1.807, 2.05) is 0 Å². The lowest BCUT2D eigenvalue weighted by atomic mass is 9.86. The van der Waals surface area contributed by atoms with Crippen molar-refractivity contribution in [3.63, 3.8) is 0 Å². The molecule has 0 bridgehead atoms. The lowest BCUT2D eigenvalue weighted by molar-refractivity contribution is 0.124. The molecule has 0 spiro atoms. The van der Waals surface area contributed by atoms with Gasteiger partial charge >= 0.3 is 0 Å². The molecule has 1 unspecified atom stereocenters. The van der Waals surface area contributed by atoms with Gasteiger partial charge in [0, 0.05) is 32.8 Å². The molecular weight excluding hydrogens is 200 g/mol. The second-order valence-electron chi connectivity index (χ2n) is 5.19. The maximum atomic E-state index is 5.50. The third-order valence-electron chi connectivity index (χ3n) is 3.58. The van der Waals surface area contributed by atoms with Crippen LogP contribution in [0.3, 0.4) is 0 Å². The average molecular weight is 228 g/mol. The first-order chi connectivity index (χ1) is 7.70. The van der Waals surface area contributed by atoms with Gasteiger partial charge in [0.1, 0.15) is 0 Å². The molecule has 96 valence electrons. The molecule has 1 aliphatic rings. The van der Waals surface area contributed by atoms with Gasteiger partial charge in [-0.3, -0.25) is 0 Å². The molecule has 0 saturated carbocycles. The van der Waals surface area contributed by atoms with Crippen LogP contribution in [0.5, 0.6) is 0 Å². The summed E-state index contributed by atoms with van der Waals surface area (Å²) >= 11 is 0. The quantitative estimate of drug-likeness (QED) is 0.749. The summed E-state index contributed by atoms with van der Waals surface area (Å²) in [5.41, 5.74) is 0.403. The van der Waals surface area contributed by atoms with Crippen LogP contribution in [0.15, 0.2) is 0 Å². The molecule has 1 aliphatic heterocycles. The van der Waals surface area contributed by atoms with Gasteiger partial charge in [-0.2, -0.15) is 0 Å². The number of rotatable bonds is 6. The van der Waals surface area contributed by atoms with Crippen molar-refractivity contribution in [2.75, 3.05) is 45.9 Å². The molecule has 16 heavy (non-hydrogen) atoms. The maximum Gasteiger partial charge on any atom is 0.0593 e. The molecule has 0 aliphatic carbocycles. The van der Waals surface area contributed by atoms with Gasteiger partial charge in [-0.1, -0.05) is 20.8 Å².